The molecule has 2 rings (SSSR count). The molecule has 116 valence electrons. The van der Waals surface area contributed by atoms with Crippen molar-refractivity contribution in [3.05, 3.63) is 54.6 Å². The van der Waals surface area contributed by atoms with Crippen molar-refractivity contribution < 1.29 is 14.3 Å². The van der Waals surface area contributed by atoms with Gasteiger partial charge in [0.1, 0.15) is 11.5 Å². The summed E-state index contributed by atoms with van der Waals surface area (Å²) < 4.78 is 11.2. The number of benzene rings is 2. The number of carbonyl (C=O) groups is 1. The summed E-state index contributed by atoms with van der Waals surface area (Å²) in [5.41, 5.74) is 0.696. The largest absolute Gasteiger partial charge is 0.494 e. The van der Waals surface area contributed by atoms with Crippen LogP contribution in [-0.2, 0) is 4.79 Å². The molecule has 1 N–H and O–H groups in total. The van der Waals surface area contributed by atoms with Gasteiger partial charge in [0.2, 0.25) is 0 Å². The molecule has 0 radical (unpaired) electrons. The first kappa shape index (κ1) is 15.9. The molecule has 0 aliphatic heterocycles. The van der Waals surface area contributed by atoms with Crippen molar-refractivity contribution in [1.29, 1.82) is 0 Å². The van der Waals surface area contributed by atoms with Crippen LogP contribution in [0, 0.1) is 0 Å². The summed E-state index contributed by atoms with van der Waals surface area (Å²) in [6.07, 6.45) is 0.362. The van der Waals surface area contributed by atoms with Crippen LogP contribution in [0.15, 0.2) is 54.6 Å². The van der Waals surface area contributed by atoms with E-state index in [2.05, 4.69) is 5.32 Å². The monoisotopic (exact) mass is 299 g/mol. The van der Waals surface area contributed by atoms with Crippen LogP contribution in [0.5, 0.6) is 11.5 Å². The molecule has 0 fully saturated rings. The van der Waals surface area contributed by atoms with Crippen molar-refractivity contribution in [3.63, 3.8) is 0 Å². The Kier molecular flexibility index (Phi) is 5.83. The fourth-order valence-electron chi connectivity index (χ4n) is 1.88. The number of nitrogens with one attached hydrogen (secondary N) is 1. The Labute approximate surface area is 131 Å². The molecule has 4 nitrogen and oxygen atoms in total. The van der Waals surface area contributed by atoms with E-state index >= 15 is 0 Å². The van der Waals surface area contributed by atoms with Crippen LogP contribution in [0.2, 0.25) is 0 Å². The van der Waals surface area contributed by atoms with Crippen molar-refractivity contribution in [2.75, 3.05) is 11.9 Å². The van der Waals surface area contributed by atoms with E-state index in [4.69, 9.17) is 9.47 Å². The first-order chi connectivity index (χ1) is 10.7. The zero-order valence-electron chi connectivity index (χ0n) is 12.9. The van der Waals surface area contributed by atoms with Crippen LogP contribution < -0.4 is 14.8 Å². The summed E-state index contributed by atoms with van der Waals surface area (Å²) in [4.78, 5) is 12.2. The predicted molar refractivity (Wildman–Crippen MR) is 87.4 cm³/mol. The highest BCUT2D eigenvalue weighted by molar-refractivity contribution is 5.94. The number of anilines is 1. The van der Waals surface area contributed by atoms with Crippen molar-refractivity contribution in [1.82, 2.24) is 0 Å². The SMILES string of the molecule is CCCOc1cccc(NC(=O)[C@@H](C)Oc2ccccc2)c1. The normalized spacial score (nSPS) is 11.5. The third-order valence-corrected chi connectivity index (χ3v) is 3.00. The number of ether oxygens (including phenoxy) is 2. The maximum atomic E-state index is 12.2. The highest BCUT2D eigenvalue weighted by Gasteiger charge is 2.14. The minimum atomic E-state index is -0.581. The molecule has 0 aliphatic rings. The molecular weight excluding hydrogens is 278 g/mol. The van der Waals surface area contributed by atoms with Gasteiger partial charge in [0.15, 0.2) is 6.10 Å². The molecule has 0 saturated carbocycles. The van der Waals surface area contributed by atoms with Gasteiger partial charge in [-0.25, -0.2) is 0 Å². The molecule has 1 atom stereocenters. The highest BCUT2D eigenvalue weighted by Crippen LogP contribution is 2.18. The Bertz CT molecular complexity index is 598. The lowest BCUT2D eigenvalue weighted by Crippen LogP contribution is -2.30. The average molecular weight is 299 g/mol. The number of hydrogen-bond acceptors (Lipinski definition) is 3. The number of amides is 1. The fourth-order valence-corrected chi connectivity index (χ4v) is 1.88. The molecule has 4 heteroatoms. The van der Waals surface area contributed by atoms with E-state index in [-0.39, 0.29) is 5.91 Å². The van der Waals surface area contributed by atoms with Gasteiger partial charge in [0.05, 0.1) is 6.61 Å². The topological polar surface area (TPSA) is 47.6 Å². The summed E-state index contributed by atoms with van der Waals surface area (Å²) in [5, 5.41) is 2.83. The summed E-state index contributed by atoms with van der Waals surface area (Å²) in [5.74, 6) is 1.22. The van der Waals surface area contributed by atoms with E-state index in [9.17, 15) is 4.79 Å². The molecule has 0 saturated heterocycles. The highest BCUT2D eigenvalue weighted by atomic mass is 16.5. The zero-order chi connectivity index (χ0) is 15.8. The summed E-state index contributed by atoms with van der Waals surface area (Å²) in [6, 6.07) is 16.6. The van der Waals surface area contributed by atoms with Gasteiger partial charge in [-0.1, -0.05) is 31.2 Å². The van der Waals surface area contributed by atoms with Crippen molar-refractivity contribution in [2.24, 2.45) is 0 Å². The molecule has 0 aromatic heterocycles. The minimum Gasteiger partial charge on any atom is -0.494 e. The van der Waals surface area contributed by atoms with E-state index < -0.39 is 6.10 Å². The van der Waals surface area contributed by atoms with Gasteiger partial charge in [-0.2, -0.15) is 0 Å². The zero-order valence-corrected chi connectivity index (χ0v) is 12.9. The second-order valence-electron chi connectivity index (χ2n) is 4.94. The third-order valence-electron chi connectivity index (χ3n) is 3.00. The van der Waals surface area contributed by atoms with E-state index in [1.165, 1.54) is 0 Å². The first-order valence-corrected chi connectivity index (χ1v) is 7.44. The molecule has 2 aromatic carbocycles. The smallest absolute Gasteiger partial charge is 0.265 e. The lowest BCUT2D eigenvalue weighted by Gasteiger charge is -2.15. The van der Waals surface area contributed by atoms with Crippen LogP contribution in [0.1, 0.15) is 20.3 Å². The molecule has 0 heterocycles. The Hall–Kier alpha value is -2.49. The van der Waals surface area contributed by atoms with Gasteiger partial charge in [0.25, 0.3) is 5.91 Å². The molecule has 0 bridgehead atoms. The molecular formula is C18H21NO3. The summed E-state index contributed by atoms with van der Waals surface area (Å²) in [6.45, 7) is 4.43. The lowest BCUT2D eigenvalue weighted by molar-refractivity contribution is -0.122. The van der Waals surface area contributed by atoms with Crippen LogP contribution in [-0.4, -0.2) is 18.6 Å². The molecule has 0 spiro atoms. The number of para-hydroxylation sites is 1. The number of hydrogen-bond donors (Lipinski definition) is 1. The maximum Gasteiger partial charge on any atom is 0.265 e. The number of carbonyl (C=O) groups excluding carboxylic acids is 1. The second-order valence-corrected chi connectivity index (χ2v) is 4.94. The lowest BCUT2D eigenvalue weighted by atomic mass is 10.2. The van der Waals surface area contributed by atoms with E-state index in [1.807, 2.05) is 61.5 Å². The van der Waals surface area contributed by atoms with E-state index in [0.29, 0.717) is 18.0 Å². The minimum absolute atomic E-state index is 0.198. The Balaban J connectivity index is 1.93. The van der Waals surface area contributed by atoms with Gasteiger partial charge >= 0.3 is 0 Å². The Morgan fingerprint density at radius 1 is 1.09 bits per heavy atom. The van der Waals surface area contributed by atoms with Crippen LogP contribution in [0.3, 0.4) is 0 Å². The van der Waals surface area contributed by atoms with Crippen LogP contribution in [0.25, 0.3) is 0 Å². The van der Waals surface area contributed by atoms with Crippen LogP contribution in [0.4, 0.5) is 5.69 Å². The Morgan fingerprint density at radius 2 is 1.82 bits per heavy atom. The number of rotatable bonds is 7. The molecule has 1 amide bonds. The third kappa shape index (κ3) is 4.81. The van der Waals surface area contributed by atoms with Gasteiger partial charge in [-0.15, -0.1) is 0 Å². The van der Waals surface area contributed by atoms with Gasteiger partial charge in [0, 0.05) is 11.8 Å². The average Bonchev–Trinajstić information content (AvgIpc) is 2.54. The van der Waals surface area contributed by atoms with Crippen molar-refractivity contribution in [2.45, 2.75) is 26.4 Å². The van der Waals surface area contributed by atoms with Crippen molar-refractivity contribution >= 4 is 11.6 Å². The van der Waals surface area contributed by atoms with Crippen LogP contribution >= 0.6 is 0 Å². The van der Waals surface area contributed by atoms with Crippen molar-refractivity contribution in [3.8, 4) is 11.5 Å². The second kappa shape index (κ2) is 8.08. The summed E-state index contributed by atoms with van der Waals surface area (Å²) >= 11 is 0. The van der Waals surface area contributed by atoms with E-state index in [1.54, 1.807) is 6.92 Å². The standard InChI is InChI=1S/C18H21NO3/c1-3-12-21-17-11-7-8-15(13-17)19-18(20)14(2)22-16-9-5-4-6-10-16/h4-11,13-14H,3,12H2,1-2H3,(H,19,20)/t14-/m1/s1. The van der Waals surface area contributed by atoms with Gasteiger partial charge in [-0.3, -0.25) is 4.79 Å². The summed E-state index contributed by atoms with van der Waals surface area (Å²) in [7, 11) is 0. The van der Waals surface area contributed by atoms with E-state index in [0.717, 1.165) is 12.2 Å². The molecule has 2 aromatic rings. The molecule has 0 unspecified atom stereocenters. The van der Waals surface area contributed by atoms with Gasteiger partial charge < -0.3 is 14.8 Å². The molecule has 22 heavy (non-hydrogen) atoms. The van der Waals surface area contributed by atoms with Gasteiger partial charge in [-0.05, 0) is 37.6 Å². The molecule has 0 aliphatic carbocycles. The maximum absolute atomic E-state index is 12.2. The predicted octanol–water partition coefficient (Wildman–Crippen LogP) is 3.88. The fraction of sp³-hybridized carbons (Fsp3) is 0.278. The Morgan fingerprint density at radius 3 is 2.55 bits per heavy atom. The first-order valence-electron chi connectivity index (χ1n) is 7.44. The quantitative estimate of drug-likeness (QED) is 0.844.